The lowest BCUT2D eigenvalue weighted by Gasteiger charge is -2.26. The van der Waals surface area contributed by atoms with Crippen molar-refractivity contribution in [1.82, 2.24) is 15.5 Å². The Morgan fingerprint density at radius 1 is 1.60 bits per heavy atom. The normalized spacial score (nSPS) is 18.8. The van der Waals surface area contributed by atoms with E-state index in [4.69, 9.17) is 5.73 Å². The van der Waals surface area contributed by atoms with E-state index in [9.17, 15) is 0 Å². The summed E-state index contributed by atoms with van der Waals surface area (Å²) >= 11 is 0. The van der Waals surface area contributed by atoms with Gasteiger partial charge in [0.25, 0.3) is 0 Å². The minimum Gasteiger partial charge on any atom is -0.384 e. The summed E-state index contributed by atoms with van der Waals surface area (Å²) in [6, 6.07) is 0. The lowest BCUT2D eigenvalue weighted by atomic mass is 9.96. The van der Waals surface area contributed by atoms with Crippen LogP contribution in [0.2, 0.25) is 0 Å². The molecule has 4 heteroatoms. The molecule has 1 aromatic heterocycles. The zero-order valence-electron chi connectivity index (χ0n) is 5.59. The Balaban J connectivity index is 2.23. The summed E-state index contributed by atoms with van der Waals surface area (Å²) < 4.78 is 0. The summed E-state index contributed by atoms with van der Waals surface area (Å²) in [7, 11) is 0. The van der Waals surface area contributed by atoms with E-state index < -0.39 is 0 Å². The number of nitrogens with zero attached hydrogens (tertiary/aromatic N) is 1. The molecule has 0 bridgehead atoms. The Morgan fingerprint density at radius 3 is 2.80 bits per heavy atom. The van der Waals surface area contributed by atoms with Crippen molar-refractivity contribution in [2.24, 2.45) is 0 Å². The summed E-state index contributed by atoms with van der Waals surface area (Å²) in [4.78, 5) is 0. The first-order valence-corrected chi connectivity index (χ1v) is 3.37. The number of rotatable bonds is 1. The number of nitrogen functional groups attached to an aromatic ring is 1. The molecule has 1 fully saturated rings. The average molecular weight is 138 g/mol. The minimum atomic E-state index is 0.582. The van der Waals surface area contributed by atoms with Crippen LogP contribution in [-0.2, 0) is 0 Å². The van der Waals surface area contributed by atoms with Gasteiger partial charge in [0.15, 0.2) is 0 Å². The molecular weight excluding hydrogens is 128 g/mol. The molecule has 0 saturated carbocycles. The Kier molecular flexibility index (Phi) is 1.14. The van der Waals surface area contributed by atoms with E-state index >= 15 is 0 Å². The van der Waals surface area contributed by atoms with Gasteiger partial charge < -0.3 is 11.1 Å². The first kappa shape index (κ1) is 5.73. The third kappa shape index (κ3) is 0.690. The second-order valence-corrected chi connectivity index (χ2v) is 2.59. The van der Waals surface area contributed by atoms with Crippen molar-refractivity contribution in [3.63, 3.8) is 0 Å². The predicted molar refractivity (Wildman–Crippen MR) is 38.6 cm³/mol. The fourth-order valence-corrected chi connectivity index (χ4v) is 1.14. The van der Waals surface area contributed by atoms with Gasteiger partial charge in [0.05, 0.1) is 6.20 Å². The van der Waals surface area contributed by atoms with Crippen LogP contribution in [0.25, 0.3) is 0 Å². The zero-order valence-corrected chi connectivity index (χ0v) is 5.59. The highest BCUT2D eigenvalue weighted by Crippen LogP contribution is 2.22. The topological polar surface area (TPSA) is 66.7 Å². The molecule has 0 amide bonds. The first-order valence-electron chi connectivity index (χ1n) is 3.37. The number of hydrogen-bond acceptors (Lipinski definition) is 3. The largest absolute Gasteiger partial charge is 0.384 e. The van der Waals surface area contributed by atoms with Gasteiger partial charge in [-0.25, -0.2) is 0 Å². The number of anilines is 1. The van der Waals surface area contributed by atoms with E-state index in [2.05, 4.69) is 15.5 Å². The molecule has 54 valence electrons. The fraction of sp³-hybridized carbons (Fsp3) is 0.500. The molecule has 1 aliphatic rings. The zero-order chi connectivity index (χ0) is 6.97. The Morgan fingerprint density at radius 2 is 2.40 bits per heavy atom. The maximum absolute atomic E-state index is 5.61. The van der Waals surface area contributed by atoms with Crippen molar-refractivity contribution in [1.29, 1.82) is 0 Å². The molecule has 4 N–H and O–H groups in total. The number of nitrogens with two attached hydrogens (primary N) is 1. The molecule has 0 unspecified atom stereocenters. The van der Waals surface area contributed by atoms with Crippen molar-refractivity contribution in [3.05, 3.63) is 11.8 Å². The molecule has 0 radical (unpaired) electrons. The lowest BCUT2D eigenvalue weighted by molar-refractivity contribution is 0.449. The molecule has 0 spiro atoms. The van der Waals surface area contributed by atoms with Crippen LogP contribution in [0, 0.1) is 0 Å². The molecule has 0 aromatic carbocycles. The van der Waals surface area contributed by atoms with Gasteiger partial charge in [-0.2, -0.15) is 5.10 Å². The summed E-state index contributed by atoms with van der Waals surface area (Å²) in [5, 5.41) is 9.74. The summed E-state index contributed by atoms with van der Waals surface area (Å²) in [6.07, 6.45) is 1.81. The van der Waals surface area contributed by atoms with Crippen LogP contribution in [0.1, 0.15) is 11.5 Å². The third-order valence-corrected chi connectivity index (χ3v) is 1.92. The lowest BCUT2D eigenvalue weighted by Crippen LogP contribution is -2.39. The molecule has 0 aliphatic carbocycles. The van der Waals surface area contributed by atoms with Gasteiger partial charge >= 0.3 is 0 Å². The number of H-pyrrole nitrogens is 1. The quantitative estimate of drug-likeness (QED) is 0.498. The highest BCUT2D eigenvalue weighted by Gasteiger charge is 2.21. The molecular formula is C6H10N4. The van der Waals surface area contributed by atoms with E-state index in [1.165, 1.54) is 0 Å². The predicted octanol–water partition coefficient (Wildman–Crippen LogP) is -0.321. The van der Waals surface area contributed by atoms with Crippen LogP contribution in [0.5, 0.6) is 0 Å². The maximum atomic E-state index is 5.61. The van der Waals surface area contributed by atoms with Gasteiger partial charge in [-0.05, 0) is 0 Å². The van der Waals surface area contributed by atoms with Gasteiger partial charge in [-0.1, -0.05) is 0 Å². The number of aromatic nitrogens is 2. The smallest absolute Gasteiger partial charge is 0.122 e. The van der Waals surface area contributed by atoms with E-state index in [0.29, 0.717) is 11.7 Å². The van der Waals surface area contributed by atoms with E-state index in [0.717, 1.165) is 18.7 Å². The molecule has 4 nitrogen and oxygen atoms in total. The van der Waals surface area contributed by atoms with E-state index in [-0.39, 0.29) is 0 Å². The third-order valence-electron chi connectivity index (χ3n) is 1.92. The van der Waals surface area contributed by atoms with Gasteiger partial charge in [-0.3, -0.25) is 5.10 Å². The Hall–Kier alpha value is -1.03. The van der Waals surface area contributed by atoms with E-state index in [1.54, 1.807) is 6.20 Å². The van der Waals surface area contributed by atoms with Crippen molar-refractivity contribution < 1.29 is 0 Å². The van der Waals surface area contributed by atoms with Gasteiger partial charge in [0.2, 0.25) is 0 Å². The molecule has 0 atom stereocenters. The van der Waals surface area contributed by atoms with Crippen molar-refractivity contribution >= 4 is 5.82 Å². The fourth-order valence-electron chi connectivity index (χ4n) is 1.14. The molecule has 1 aromatic rings. The van der Waals surface area contributed by atoms with Gasteiger partial charge in [-0.15, -0.1) is 0 Å². The first-order chi connectivity index (χ1) is 4.88. The van der Waals surface area contributed by atoms with Crippen molar-refractivity contribution in [2.75, 3.05) is 18.8 Å². The monoisotopic (exact) mass is 138 g/mol. The van der Waals surface area contributed by atoms with E-state index in [1.807, 2.05) is 0 Å². The second-order valence-electron chi connectivity index (χ2n) is 2.59. The van der Waals surface area contributed by atoms with Crippen LogP contribution in [0.15, 0.2) is 6.20 Å². The molecule has 10 heavy (non-hydrogen) atoms. The molecule has 1 aliphatic heterocycles. The average Bonchev–Trinajstić information content (AvgIpc) is 2.12. The number of nitrogens with one attached hydrogen (secondary N) is 2. The van der Waals surface area contributed by atoms with Crippen LogP contribution in [-0.4, -0.2) is 23.3 Å². The van der Waals surface area contributed by atoms with Crippen LogP contribution in [0.3, 0.4) is 0 Å². The van der Waals surface area contributed by atoms with Crippen molar-refractivity contribution in [3.8, 4) is 0 Å². The van der Waals surface area contributed by atoms with Crippen LogP contribution in [0.4, 0.5) is 5.82 Å². The summed E-state index contributed by atoms with van der Waals surface area (Å²) in [5.74, 6) is 1.30. The standard InChI is InChI=1S/C6H10N4/c7-6-5(3-9-10-6)4-1-8-2-4/h3-4,8H,1-2H2,(H3,7,9,10). The minimum absolute atomic E-state index is 0.582. The SMILES string of the molecule is Nc1[nH]ncc1C1CNC1. The molecule has 2 heterocycles. The van der Waals surface area contributed by atoms with Crippen LogP contribution >= 0.6 is 0 Å². The summed E-state index contributed by atoms with van der Waals surface area (Å²) in [5.41, 5.74) is 6.76. The van der Waals surface area contributed by atoms with Gasteiger partial charge in [0.1, 0.15) is 5.82 Å². The van der Waals surface area contributed by atoms with Gasteiger partial charge in [0, 0.05) is 24.6 Å². The van der Waals surface area contributed by atoms with Crippen molar-refractivity contribution in [2.45, 2.75) is 5.92 Å². The molecule has 2 rings (SSSR count). The molecule has 1 saturated heterocycles. The Labute approximate surface area is 58.8 Å². The number of aromatic amines is 1. The summed E-state index contributed by atoms with van der Waals surface area (Å²) in [6.45, 7) is 2.06. The maximum Gasteiger partial charge on any atom is 0.122 e. The highest BCUT2D eigenvalue weighted by molar-refractivity contribution is 5.41. The highest BCUT2D eigenvalue weighted by atomic mass is 15.1. The Bertz CT molecular complexity index is 225. The second kappa shape index (κ2) is 1.98. The van der Waals surface area contributed by atoms with Crippen LogP contribution < -0.4 is 11.1 Å². The number of hydrogen-bond donors (Lipinski definition) is 3.